The lowest BCUT2D eigenvalue weighted by molar-refractivity contribution is 0.649. The SMILES string of the molecule is CC1(C)C2=CC(Nc3cccc4c3oc3ccccc34)CC=C2c2ccccc21. The fraction of sp³-hybridized carbons (Fsp3) is 0.185. The molecule has 2 nitrogen and oxygen atoms in total. The predicted molar refractivity (Wildman–Crippen MR) is 121 cm³/mol. The Morgan fingerprint density at radius 2 is 1.69 bits per heavy atom. The normalized spacial score (nSPS) is 19.6. The molecule has 6 rings (SSSR count). The highest BCUT2D eigenvalue weighted by atomic mass is 16.3. The van der Waals surface area contributed by atoms with Crippen molar-refractivity contribution < 1.29 is 4.42 Å². The van der Waals surface area contributed by atoms with Crippen LogP contribution in [0, 0.1) is 0 Å². The minimum atomic E-state index is 0.0359. The van der Waals surface area contributed by atoms with Crippen LogP contribution < -0.4 is 5.32 Å². The fourth-order valence-electron chi connectivity index (χ4n) is 5.08. The number of nitrogens with one attached hydrogen (secondary N) is 1. The van der Waals surface area contributed by atoms with Gasteiger partial charge in [0, 0.05) is 22.2 Å². The van der Waals surface area contributed by atoms with Crippen LogP contribution in [0.4, 0.5) is 5.69 Å². The molecular weight excluding hydrogens is 354 g/mol. The third-order valence-electron chi connectivity index (χ3n) is 6.54. The van der Waals surface area contributed by atoms with E-state index in [0.29, 0.717) is 0 Å². The van der Waals surface area contributed by atoms with Crippen molar-refractivity contribution in [3.8, 4) is 0 Å². The number of fused-ring (bicyclic) bond motifs is 6. The van der Waals surface area contributed by atoms with Gasteiger partial charge in [-0.05, 0) is 40.8 Å². The zero-order valence-corrected chi connectivity index (χ0v) is 16.7. The van der Waals surface area contributed by atoms with Crippen molar-refractivity contribution in [2.24, 2.45) is 0 Å². The van der Waals surface area contributed by atoms with Crippen molar-refractivity contribution in [1.82, 2.24) is 0 Å². The summed E-state index contributed by atoms with van der Waals surface area (Å²) in [7, 11) is 0. The fourth-order valence-corrected chi connectivity index (χ4v) is 5.08. The van der Waals surface area contributed by atoms with Gasteiger partial charge in [-0.15, -0.1) is 0 Å². The van der Waals surface area contributed by atoms with E-state index in [0.717, 1.165) is 23.3 Å². The molecule has 1 unspecified atom stereocenters. The molecule has 1 N–H and O–H groups in total. The van der Waals surface area contributed by atoms with E-state index < -0.39 is 0 Å². The van der Waals surface area contributed by atoms with Crippen molar-refractivity contribution in [2.45, 2.75) is 31.7 Å². The van der Waals surface area contributed by atoms with E-state index in [1.807, 2.05) is 12.1 Å². The Morgan fingerprint density at radius 1 is 0.897 bits per heavy atom. The van der Waals surface area contributed by atoms with Gasteiger partial charge >= 0.3 is 0 Å². The van der Waals surface area contributed by atoms with Crippen LogP contribution >= 0.6 is 0 Å². The van der Waals surface area contributed by atoms with E-state index >= 15 is 0 Å². The number of allylic oxidation sites excluding steroid dienone is 2. The summed E-state index contributed by atoms with van der Waals surface area (Å²) in [4.78, 5) is 0. The third kappa shape index (κ3) is 2.35. The van der Waals surface area contributed by atoms with Gasteiger partial charge in [0.2, 0.25) is 0 Å². The molecule has 0 amide bonds. The van der Waals surface area contributed by atoms with E-state index in [1.165, 1.54) is 33.0 Å². The molecule has 0 aliphatic heterocycles. The summed E-state index contributed by atoms with van der Waals surface area (Å²) in [5.41, 5.74) is 8.63. The van der Waals surface area contributed by atoms with Crippen LogP contribution in [0.2, 0.25) is 0 Å². The highest BCUT2D eigenvalue weighted by molar-refractivity contribution is 6.08. The Kier molecular flexibility index (Phi) is 3.37. The van der Waals surface area contributed by atoms with Crippen LogP contribution in [-0.2, 0) is 5.41 Å². The molecule has 2 heteroatoms. The first-order valence-corrected chi connectivity index (χ1v) is 10.3. The molecule has 1 aromatic heterocycles. The smallest absolute Gasteiger partial charge is 0.158 e. The molecule has 0 spiro atoms. The van der Waals surface area contributed by atoms with Crippen LogP contribution in [0.3, 0.4) is 0 Å². The lowest BCUT2D eigenvalue weighted by Crippen LogP contribution is -2.23. The molecule has 29 heavy (non-hydrogen) atoms. The average molecular weight is 377 g/mol. The van der Waals surface area contributed by atoms with Crippen LogP contribution in [0.15, 0.2) is 88.9 Å². The first-order chi connectivity index (χ1) is 14.1. The maximum atomic E-state index is 6.20. The molecule has 0 radical (unpaired) electrons. The number of benzene rings is 3. The average Bonchev–Trinajstić information content (AvgIpc) is 3.23. The number of furan rings is 1. The van der Waals surface area contributed by atoms with Gasteiger partial charge in [0.05, 0.1) is 5.69 Å². The first-order valence-electron chi connectivity index (χ1n) is 10.3. The standard InChI is InChI=1S/C27H23NO/c1-27(2)22-11-5-3-8-18(22)19-15-14-17(16-23(19)27)28-24-12-7-10-21-20-9-4-6-13-25(20)29-26(21)24/h3-13,15-17,28H,14H2,1-2H3. The zero-order valence-electron chi connectivity index (χ0n) is 16.7. The molecule has 4 aromatic rings. The lowest BCUT2D eigenvalue weighted by Gasteiger charge is -2.27. The molecular formula is C27H23NO. The van der Waals surface area contributed by atoms with Gasteiger partial charge < -0.3 is 9.73 Å². The monoisotopic (exact) mass is 377 g/mol. The van der Waals surface area contributed by atoms with Gasteiger partial charge in [0.25, 0.3) is 0 Å². The van der Waals surface area contributed by atoms with Crippen LogP contribution in [0.25, 0.3) is 27.5 Å². The van der Waals surface area contributed by atoms with Gasteiger partial charge in [0.1, 0.15) is 5.58 Å². The van der Waals surface area contributed by atoms with Crippen molar-refractivity contribution in [1.29, 1.82) is 0 Å². The first kappa shape index (κ1) is 16.7. The summed E-state index contributed by atoms with van der Waals surface area (Å²) in [5.74, 6) is 0. The maximum Gasteiger partial charge on any atom is 0.158 e. The Morgan fingerprint density at radius 3 is 2.62 bits per heavy atom. The number of hydrogen-bond donors (Lipinski definition) is 1. The second kappa shape index (κ2) is 5.87. The van der Waals surface area contributed by atoms with Crippen molar-refractivity contribution in [3.05, 3.63) is 95.6 Å². The Labute approximate surface area is 170 Å². The quantitative estimate of drug-likeness (QED) is 0.404. The summed E-state index contributed by atoms with van der Waals surface area (Å²) in [6, 6.07) is 23.7. The van der Waals surface area contributed by atoms with Crippen molar-refractivity contribution in [2.75, 3.05) is 5.32 Å². The number of para-hydroxylation sites is 2. The molecule has 0 saturated heterocycles. The van der Waals surface area contributed by atoms with Crippen LogP contribution in [-0.4, -0.2) is 6.04 Å². The van der Waals surface area contributed by atoms with E-state index in [2.05, 4.69) is 85.9 Å². The topological polar surface area (TPSA) is 25.2 Å². The predicted octanol–water partition coefficient (Wildman–Crippen LogP) is 7.07. The summed E-state index contributed by atoms with van der Waals surface area (Å²) >= 11 is 0. The van der Waals surface area contributed by atoms with Gasteiger partial charge in [-0.3, -0.25) is 0 Å². The van der Waals surface area contributed by atoms with E-state index in [1.54, 1.807) is 0 Å². The molecule has 2 aliphatic carbocycles. The van der Waals surface area contributed by atoms with Gasteiger partial charge in [-0.25, -0.2) is 0 Å². The molecule has 142 valence electrons. The molecule has 1 atom stereocenters. The van der Waals surface area contributed by atoms with Crippen LogP contribution in [0.5, 0.6) is 0 Å². The minimum Gasteiger partial charge on any atom is -0.454 e. The third-order valence-corrected chi connectivity index (χ3v) is 6.54. The van der Waals surface area contributed by atoms with Gasteiger partial charge in [-0.2, -0.15) is 0 Å². The molecule has 3 aromatic carbocycles. The lowest BCUT2D eigenvalue weighted by atomic mass is 9.79. The minimum absolute atomic E-state index is 0.0359. The second-order valence-electron chi connectivity index (χ2n) is 8.64. The summed E-state index contributed by atoms with van der Waals surface area (Å²) in [6.07, 6.45) is 5.80. The Balaban J connectivity index is 1.40. The highest BCUT2D eigenvalue weighted by Gasteiger charge is 2.39. The Bertz CT molecular complexity index is 1340. The van der Waals surface area contributed by atoms with Crippen molar-refractivity contribution in [3.63, 3.8) is 0 Å². The number of rotatable bonds is 2. The molecule has 0 bridgehead atoms. The second-order valence-corrected chi connectivity index (χ2v) is 8.64. The molecule has 0 saturated carbocycles. The summed E-state index contributed by atoms with van der Waals surface area (Å²) in [6.45, 7) is 4.67. The number of anilines is 1. The van der Waals surface area contributed by atoms with E-state index in [9.17, 15) is 0 Å². The van der Waals surface area contributed by atoms with Gasteiger partial charge in [0.15, 0.2) is 5.58 Å². The van der Waals surface area contributed by atoms with Gasteiger partial charge in [-0.1, -0.05) is 80.6 Å². The molecule has 2 aliphatic rings. The van der Waals surface area contributed by atoms with E-state index in [4.69, 9.17) is 4.42 Å². The largest absolute Gasteiger partial charge is 0.454 e. The van der Waals surface area contributed by atoms with E-state index in [-0.39, 0.29) is 11.5 Å². The highest BCUT2D eigenvalue weighted by Crippen LogP contribution is 2.51. The Hall–Kier alpha value is -3.26. The summed E-state index contributed by atoms with van der Waals surface area (Å²) in [5, 5.41) is 6.08. The number of hydrogen-bond acceptors (Lipinski definition) is 2. The van der Waals surface area contributed by atoms with Crippen LogP contribution in [0.1, 0.15) is 31.4 Å². The summed E-state index contributed by atoms with van der Waals surface area (Å²) < 4.78 is 6.20. The molecule has 0 fully saturated rings. The molecule has 1 heterocycles. The maximum absolute atomic E-state index is 6.20. The zero-order chi connectivity index (χ0) is 19.6. The van der Waals surface area contributed by atoms with Crippen molar-refractivity contribution >= 4 is 33.2 Å².